The fourth-order valence-corrected chi connectivity index (χ4v) is 3.31. The molecule has 0 aromatic heterocycles. The van der Waals surface area contributed by atoms with Crippen molar-refractivity contribution in [3.05, 3.63) is 18.2 Å². The summed E-state index contributed by atoms with van der Waals surface area (Å²) in [7, 11) is 1.13. The van der Waals surface area contributed by atoms with Crippen molar-refractivity contribution in [3.63, 3.8) is 0 Å². The second-order valence-electron chi connectivity index (χ2n) is 5.39. The van der Waals surface area contributed by atoms with Gasteiger partial charge in [0.25, 0.3) is 0 Å². The summed E-state index contributed by atoms with van der Waals surface area (Å²) in [4.78, 5) is 2.31. The minimum atomic E-state index is -3.54. The lowest BCUT2D eigenvalue weighted by Crippen LogP contribution is -2.31. The van der Waals surface area contributed by atoms with Crippen molar-refractivity contribution in [2.45, 2.75) is 23.8 Å². The third-order valence-electron chi connectivity index (χ3n) is 3.64. The lowest BCUT2D eigenvalue weighted by atomic mass is 10.2. The van der Waals surface area contributed by atoms with Crippen LogP contribution in [-0.2, 0) is 14.8 Å². The first-order valence-corrected chi connectivity index (χ1v) is 8.40. The molecule has 7 heteroatoms. The summed E-state index contributed by atoms with van der Waals surface area (Å²) in [5.74, 6) is 0. The van der Waals surface area contributed by atoms with Crippen molar-refractivity contribution >= 4 is 21.4 Å². The van der Waals surface area contributed by atoms with Gasteiger partial charge in [0.1, 0.15) is 4.90 Å². The summed E-state index contributed by atoms with van der Waals surface area (Å²) in [6, 6.07) is 5.59. The Labute approximate surface area is 126 Å². The van der Waals surface area contributed by atoms with Gasteiger partial charge in [-0.1, -0.05) is 6.07 Å². The largest absolute Gasteiger partial charge is 0.396 e. The number of ether oxygens (including phenoxy) is 1. The zero-order chi connectivity index (χ0) is 15.6. The van der Waals surface area contributed by atoms with Crippen LogP contribution < -0.4 is 10.6 Å². The molecule has 6 nitrogen and oxygen atoms in total. The molecule has 1 aliphatic carbocycles. The molecule has 1 aromatic carbocycles. The molecule has 0 unspecified atom stereocenters. The molecular formula is C14H23N3O3S. The van der Waals surface area contributed by atoms with E-state index < -0.39 is 10.0 Å². The van der Waals surface area contributed by atoms with E-state index in [1.165, 1.54) is 18.4 Å². The Hall–Kier alpha value is -1.31. The molecule has 1 saturated carbocycles. The van der Waals surface area contributed by atoms with Crippen LogP contribution in [0.15, 0.2) is 23.1 Å². The zero-order valence-electron chi connectivity index (χ0n) is 12.7. The Bertz CT molecular complexity index is 597. The van der Waals surface area contributed by atoms with Crippen molar-refractivity contribution in [1.82, 2.24) is 4.31 Å². The second kappa shape index (κ2) is 6.21. The molecule has 21 heavy (non-hydrogen) atoms. The quantitative estimate of drug-likeness (QED) is 0.764. The van der Waals surface area contributed by atoms with Gasteiger partial charge in [-0.15, -0.1) is 0 Å². The molecule has 0 spiro atoms. The molecule has 0 bridgehead atoms. The predicted molar refractivity (Wildman–Crippen MR) is 84.0 cm³/mol. The van der Waals surface area contributed by atoms with E-state index in [2.05, 4.69) is 4.90 Å². The number of nitrogens with two attached hydrogens (primary N) is 1. The molecule has 1 fully saturated rings. The molecule has 0 atom stereocenters. The monoisotopic (exact) mass is 313 g/mol. The van der Waals surface area contributed by atoms with E-state index in [1.807, 2.05) is 6.07 Å². The van der Waals surface area contributed by atoms with E-state index in [4.69, 9.17) is 10.5 Å². The Morgan fingerprint density at radius 3 is 2.52 bits per heavy atom. The van der Waals surface area contributed by atoms with Gasteiger partial charge in [-0.2, -0.15) is 0 Å². The fraction of sp³-hybridized carbons (Fsp3) is 0.571. The van der Waals surface area contributed by atoms with Crippen LogP contribution in [0.25, 0.3) is 0 Å². The normalized spacial score (nSPS) is 15.4. The Morgan fingerprint density at radius 1 is 1.33 bits per heavy atom. The van der Waals surface area contributed by atoms with Gasteiger partial charge in [-0.3, -0.25) is 0 Å². The van der Waals surface area contributed by atoms with Crippen LogP contribution in [0.5, 0.6) is 0 Å². The molecule has 118 valence electrons. The van der Waals surface area contributed by atoms with Gasteiger partial charge in [-0.25, -0.2) is 12.7 Å². The Morgan fingerprint density at radius 2 is 2.00 bits per heavy atom. The van der Waals surface area contributed by atoms with E-state index in [0.717, 1.165) is 18.5 Å². The van der Waals surface area contributed by atoms with Crippen LogP contribution in [0.3, 0.4) is 0 Å². The van der Waals surface area contributed by atoms with Crippen LogP contribution in [0.2, 0.25) is 0 Å². The number of hydrogen-bond acceptors (Lipinski definition) is 5. The average molecular weight is 313 g/mol. The van der Waals surface area contributed by atoms with Crippen LogP contribution in [-0.4, -0.2) is 53.1 Å². The number of methoxy groups -OCH3 is 1. The first-order chi connectivity index (χ1) is 9.89. The average Bonchev–Trinajstić information content (AvgIpc) is 3.25. The molecule has 1 aliphatic rings. The summed E-state index contributed by atoms with van der Waals surface area (Å²) in [6.45, 7) is 1.29. The van der Waals surface area contributed by atoms with Gasteiger partial charge < -0.3 is 15.4 Å². The summed E-state index contributed by atoms with van der Waals surface area (Å²) >= 11 is 0. The van der Waals surface area contributed by atoms with Gasteiger partial charge >= 0.3 is 0 Å². The minimum absolute atomic E-state index is 0.160. The highest BCUT2D eigenvalue weighted by molar-refractivity contribution is 7.89. The maximum atomic E-state index is 12.3. The van der Waals surface area contributed by atoms with E-state index >= 15 is 0 Å². The maximum absolute atomic E-state index is 12.3. The Kier molecular flexibility index (Phi) is 4.75. The molecule has 0 amide bonds. The van der Waals surface area contributed by atoms with Crippen molar-refractivity contribution in [1.29, 1.82) is 0 Å². The van der Waals surface area contributed by atoms with Gasteiger partial charge in [-0.05, 0) is 25.0 Å². The summed E-state index contributed by atoms with van der Waals surface area (Å²) < 4.78 is 31.0. The lowest BCUT2D eigenvalue weighted by Gasteiger charge is -2.27. The van der Waals surface area contributed by atoms with E-state index in [-0.39, 0.29) is 4.90 Å². The SMILES string of the molecule is COCCN(c1cccc(S(=O)(=O)N(C)C)c1N)C1CC1. The highest BCUT2D eigenvalue weighted by Crippen LogP contribution is 2.37. The maximum Gasteiger partial charge on any atom is 0.244 e. The third-order valence-corrected chi connectivity index (χ3v) is 5.51. The molecule has 1 aromatic rings. The van der Waals surface area contributed by atoms with Crippen LogP contribution in [0.4, 0.5) is 11.4 Å². The number of benzene rings is 1. The molecule has 2 N–H and O–H groups in total. The standard InChI is InChI=1S/C14H23N3O3S/c1-16(2)21(18,19)13-6-4-5-12(14(13)15)17(9-10-20-3)11-7-8-11/h4-6,11H,7-10,15H2,1-3H3. The van der Waals surface area contributed by atoms with Gasteiger partial charge in [0.15, 0.2) is 0 Å². The minimum Gasteiger partial charge on any atom is -0.396 e. The van der Waals surface area contributed by atoms with E-state index in [0.29, 0.717) is 24.9 Å². The number of rotatable bonds is 7. The molecule has 0 radical (unpaired) electrons. The molecule has 0 aliphatic heterocycles. The van der Waals surface area contributed by atoms with Crippen molar-refractivity contribution in [3.8, 4) is 0 Å². The molecule has 0 saturated heterocycles. The van der Waals surface area contributed by atoms with E-state index in [1.54, 1.807) is 19.2 Å². The lowest BCUT2D eigenvalue weighted by molar-refractivity contribution is 0.205. The topological polar surface area (TPSA) is 75.9 Å². The predicted octanol–water partition coefficient (Wildman–Crippen LogP) is 1.13. The smallest absolute Gasteiger partial charge is 0.244 e. The van der Waals surface area contributed by atoms with Gasteiger partial charge in [0.05, 0.1) is 18.0 Å². The number of nitrogens with zero attached hydrogens (tertiary/aromatic N) is 2. The molecule has 0 heterocycles. The van der Waals surface area contributed by atoms with E-state index in [9.17, 15) is 8.42 Å². The van der Waals surface area contributed by atoms with Gasteiger partial charge in [0, 0.05) is 33.8 Å². The van der Waals surface area contributed by atoms with Gasteiger partial charge in [0.2, 0.25) is 10.0 Å². The zero-order valence-corrected chi connectivity index (χ0v) is 13.6. The van der Waals surface area contributed by atoms with Crippen LogP contribution in [0, 0.1) is 0 Å². The number of hydrogen-bond donors (Lipinski definition) is 1. The van der Waals surface area contributed by atoms with Crippen molar-refractivity contribution < 1.29 is 13.2 Å². The number of nitrogen functional groups attached to an aromatic ring is 1. The number of anilines is 2. The highest BCUT2D eigenvalue weighted by Gasteiger charge is 2.31. The highest BCUT2D eigenvalue weighted by atomic mass is 32.2. The van der Waals surface area contributed by atoms with Crippen molar-refractivity contribution in [2.75, 3.05) is 45.0 Å². The fourth-order valence-electron chi connectivity index (χ4n) is 2.28. The number of sulfonamides is 1. The summed E-state index contributed by atoms with van der Waals surface area (Å²) in [5.41, 5.74) is 7.25. The third kappa shape index (κ3) is 3.30. The van der Waals surface area contributed by atoms with Crippen LogP contribution >= 0.6 is 0 Å². The van der Waals surface area contributed by atoms with Crippen molar-refractivity contribution in [2.24, 2.45) is 0 Å². The number of para-hydroxylation sites is 1. The molecule has 2 rings (SSSR count). The first-order valence-electron chi connectivity index (χ1n) is 6.96. The molecular weight excluding hydrogens is 290 g/mol. The summed E-state index contributed by atoms with van der Waals surface area (Å²) in [5, 5.41) is 0. The first kappa shape index (κ1) is 16.1. The summed E-state index contributed by atoms with van der Waals surface area (Å²) in [6.07, 6.45) is 2.21. The second-order valence-corrected chi connectivity index (χ2v) is 7.51. The van der Waals surface area contributed by atoms with Crippen LogP contribution in [0.1, 0.15) is 12.8 Å². The Balaban J connectivity index is 2.41.